The van der Waals surface area contributed by atoms with Gasteiger partial charge in [-0.05, 0) is 22.6 Å². The van der Waals surface area contributed by atoms with Crippen LogP contribution < -0.4 is 11.2 Å². The number of aromatic amines is 1. The molecule has 0 unspecified atom stereocenters. The van der Waals surface area contributed by atoms with Crippen molar-refractivity contribution in [1.82, 2.24) is 9.55 Å². The zero-order valence-electron chi connectivity index (χ0n) is 15.7. The molecular weight excluding hydrogens is 336 g/mol. The lowest BCUT2D eigenvalue weighted by atomic mass is 9.98. The van der Waals surface area contributed by atoms with Gasteiger partial charge in [0.1, 0.15) is 0 Å². The first-order valence-corrected chi connectivity index (χ1v) is 9.10. The van der Waals surface area contributed by atoms with E-state index < -0.39 is 5.69 Å². The van der Waals surface area contributed by atoms with Gasteiger partial charge in [-0.2, -0.15) is 0 Å². The standard InChI is InChI=1S/C23H24N2O2/c1-16(2)21-20(14-18-10-6-4-7-11-18)24-23(27)25(22(21)26)15-17(3)19-12-8-5-9-13-19/h4-13,16H,3,14-15H2,1-2H3,(H,24,27). The number of allylic oxidation sites excluding steroid dienone is 1. The predicted octanol–water partition coefficient (Wildman–Crippen LogP) is 3.96. The third-order valence-electron chi connectivity index (χ3n) is 4.64. The van der Waals surface area contributed by atoms with Crippen LogP contribution >= 0.6 is 0 Å². The van der Waals surface area contributed by atoms with Gasteiger partial charge in [-0.1, -0.05) is 81.1 Å². The second-order valence-corrected chi connectivity index (χ2v) is 7.00. The number of nitrogens with zero attached hydrogens (tertiary/aromatic N) is 1. The summed E-state index contributed by atoms with van der Waals surface area (Å²) in [7, 11) is 0. The maximum atomic E-state index is 13.1. The molecule has 0 saturated heterocycles. The highest BCUT2D eigenvalue weighted by Crippen LogP contribution is 2.17. The summed E-state index contributed by atoms with van der Waals surface area (Å²) in [5.41, 5.74) is 3.41. The molecule has 0 amide bonds. The minimum atomic E-state index is -0.396. The molecule has 0 aliphatic carbocycles. The van der Waals surface area contributed by atoms with E-state index in [0.717, 1.165) is 16.7 Å². The van der Waals surface area contributed by atoms with E-state index >= 15 is 0 Å². The number of aromatic nitrogens is 2. The molecular formula is C23H24N2O2. The summed E-state index contributed by atoms with van der Waals surface area (Å²) < 4.78 is 1.25. The highest BCUT2D eigenvalue weighted by molar-refractivity contribution is 5.62. The van der Waals surface area contributed by atoms with E-state index in [4.69, 9.17) is 0 Å². The molecule has 0 fully saturated rings. The number of nitrogens with one attached hydrogen (secondary N) is 1. The molecule has 1 N–H and O–H groups in total. The summed E-state index contributed by atoms with van der Waals surface area (Å²) in [6.45, 7) is 8.17. The Labute approximate surface area is 158 Å². The van der Waals surface area contributed by atoms with Crippen LogP contribution in [-0.4, -0.2) is 9.55 Å². The zero-order valence-corrected chi connectivity index (χ0v) is 15.7. The van der Waals surface area contributed by atoms with Crippen molar-refractivity contribution in [3.63, 3.8) is 0 Å². The number of H-pyrrole nitrogens is 1. The average Bonchev–Trinajstić information content (AvgIpc) is 2.66. The first kappa shape index (κ1) is 18.6. The third-order valence-corrected chi connectivity index (χ3v) is 4.64. The van der Waals surface area contributed by atoms with E-state index in [0.29, 0.717) is 17.7 Å². The highest BCUT2D eigenvalue weighted by atomic mass is 16.2. The van der Waals surface area contributed by atoms with Gasteiger partial charge in [-0.15, -0.1) is 0 Å². The van der Waals surface area contributed by atoms with Crippen molar-refractivity contribution in [1.29, 1.82) is 0 Å². The first-order valence-electron chi connectivity index (χ1n) is 9.10. The van der Waals surface area contributed by atoms with Crippen LogP contribution in [0.1, 0.15) is 42.1 Å². The number of benzene rings is 2. The van der Waals surface area contributed by atoms with E-state index in [1.807, 2.05) is 74.5 Å². The number of rotatable bonds is 6. The van der Waals surface area contributed by atoms with Crippen LogP contribution in [0.3, 0.4) is 0 Å². The molecule has 2 aromatic carbocycles. The van der Waals surface area contributed by atoms with E-state index in [2.05, 4.69) is 11.6 Å². The molecule has 1 aromatic heterocycles. The van der Waals surface area contributed by atoms with Crippen molar-refractivity contribution in [2.24, 2.45) is 0 Å². The van der Waals surface area contributed by atoms with Crippen molar-refractivity contribution in [2.75, 3.05) is 0 Å². The number of hydrogen-bond acceptors (Lipinski definition) is 2. The first-order chi connectivity index (χ1) is 13.0. The van der Waals surface area contributed by atoms with E-state index in [1.165, 1.54) is 4.57 Å². The van der Waals surface area contributed by atoms with Crippen LogP contribution in [-0.2, 0) is 13.0 Å². The quantitative estimate of drug-likeness (QED) is 0.723. The normalized spacial score (nSPS) is 10.9. The minimum absolute atomic E-state index is 0.00398. The molecule has 138 valence electrons. The summed E-state index contributed by atoms with van der Waals surface area (Å²) >= 11 is 0. The lowest BCUT2D eigenvalue weighted by Gasteiger charge is -2.16. The summed E-state index contributed by atoms with van der Waals surface area (Å²) in [6.07, 6.45) is 0.527. The van der Waals surface area contributed by atoms with Crippen molar-refractivity contribution in [3.05, 3.63) is 110 Å². The number of hydrogen-bond donors (Lipinski definition) is 1. The zero-order chi connectivity index (χ0) is 19.4. The molecule has 0 saturated carbocycles. The molecule has 0 atom stereocenters. The van der Waals surface area contributed by atoms with Crippen molar-refractivity contribution >= 4 is 5.57 Å². The van der Waals surface area contributed by atoms with Gasteiger partial charge in [0.15, 0.2) is 0 Å². The second-order valence-electron chi connectivity index (χ2n) is 7.00. The third kappa shape index (κ3) is 4.17. The molecule has 3 aromatic rings. The van der Waals surface area contributed by atoms with Gasteiger partial charge < -0.3 is 4.98 Å². The Morgan fingerprint density at radius 3 is 2.19 bits per heavy atom. The largest absolute Gasteiger partial charge is 0.328 e. The Bertz CT molecular complexity index is 1050. The molecule has 27 heavy (non-hydrogen) atoms. The average molecular weight is 360 g/mol. The molecule has 1 heterocycles. The molecule has 0 aliphatic rings. The SMILES string of the molecule is C=C(Cn1c(=O)[nH]c(Cc2ccccc2)c(C(C)C)c1=O)c1ccccc1. The van der Waals surface area contributed by atoms with E-state index in [9.17, 15) is 9.59 Å². The smallest absolute Gasteiger partial charge is 0.310 e. The van der Waals surface area contributed by atoms with Gasteiger partial charge in [0.2, 0.25) is 0 Å². The Morgan fingerprint density at radius 2 is 1.59 bits per heavy atom. The van der Waals surface area contributed by atoms with Gasteiger partial charge in [0, 0.05) is 17.7 Å². The summed E-state index contributed by atoms with van der Waals surface area (Å²) in [6, 6.07) is 19.4. The molecule has 0 bridgehead atoms. The molecule has 0 spiro atoms. The molecule has 4 nitrogen and oxygen atoms in total. The Hall–Kier alpha value is -3.14. The predicted molar refractivity (Wildman–Crippen MR) is 110 cm³/mol. The van der Waals surface area contributed by atoms with Crippen LogP contribution in [0.5, 0.6) is 0 Å². The fourth-order valence-corrected chi connectivity index (χ4v) is 3.27. The monoisotopic (exact) mass is 360 g/mol. The van der Waals surface area contributed by atoms with Gasteiger partial charge >= 0.3 is 5.69 Å². The van der Waals surface area contributed by atoms with Crippen LogP contribution in [0.15, 0.2) is 76.8 Å². The lowest BCUT2D eigenvalue weighted by molar-refractivity contribution is 0.672. The Balaban J connectivity index is 2.02. The van der Waals surface area contributed by atoms with Crippen LogP contribution in [0.25, 0.3) is 5.57 Å². The fourth-order valence-electron chi connectivity index (χ4n) is 3.27. The Kier molecular flexibility index (Phi) is 5.55. The van der Waals surface area contributed by atoms with Gasteiger partial charge in [0.25, 0.3) is 5.56 Å². The van der Waals surface area contributed by atoms with Gasteiger partial charge in [0.05, 0.1) is 6.54 Å². The summed E-state index contributed by atoms with van der Waals surface area (Å²) in [5.74, 6) is 0.00398. The minimum Gasteiger partial charge on any atom is -0.310 e. The maximum absolute atomic E-state index is 13.1. The van der Waals surface area contributed by atoms with E-state index in [-0.39, 0.29) is 18.0 Å². The van der Waals surface area contributed by atoms with E-state index in [1.54, 1.807) is 0 Å². The van der Waals surface area contributed by atoms with Crippen molar-refractivity contribution in [2.45, 2.75) is 32.7 Å². The maximum Gasteiger partial charge on any atom is 0.328 e. The molecule has 4 heteroatoms. The Morgan fingerprint density at radius 1 is 1.00 bits per heavy atom. The molecule has 0 radical (unpaired) electrons. The second kappa shape index (κ2) is 8.04. The summed E-state index contributed by atoms with van der Waals surface area (Å²) in [4.78, 5) is 28.7. The molecule has 3 rings (SSSR count). The van der Waals surface area contributed by atoms with Crippen molar-refractivity contribution < 1.29 is 0 Å². The van der Waals surface area contributed by atoms with Crippen LogP contribution in [0.2, 0.25) is 0 Å². The topological polar surface area (TPSA) is 54.9 Å². The van der Waals surface area contributed by atoms with Crippen molar-refractivity contribution in [3.8, 4) is 0 Å². The lowest BCUT2D eigenvalue weighted by Crippen LogP contribution is -2.39. The van der Waals surface area contributed by atoms with Crippen LogP contribution in [0.4, 0.5) is 0 Å². The van der Waals surface area contributed by atoms with Gasteiger partial charge in [-0.3, -0.25) is 9.36 Å². The fraction of sp³-hybridized carbons (Fsp3) is 0.217. The van der Waals surface area contributed by atoms with Gasteiger partial charge in [-0.25, -0.2) is 4.79 Å². The summed E-state index contributed by atoms with van der Waals surface area (Å²) in [5, 5.41) is 0. The highest BCUT2D eigenvalue weighted by Gasteiger charge is 2.17. The molecule has 0 aliphatic heterocycles. The van der Waals surface area contributed by atoms with Crippen LogP contribution in [0, 0.1) is 0 Å².